The third-order valence-electron chi connectivity index (χ3n) is 4.39. The predicted octanol–water partition coefficient (Wildman–Crippen LogP) is 2.53. The molecule has 26 heavy (non-hydrogen) atoms. The number of rotatable bonds is 6. The number of hydrogen-bond acceptors (Lipinski definition) is 4. The molecular formula is C18H28FN3O2S2. The average molecular weight is 402 g/mol. The third kappa shape index (κ3) is 5.36. The van der Waals surface area contributed by atoms with Crippen LogP contribution in [0.25, 0.3) is 0 Å². The molecule has 5 nitrogen and oxygen atoms in total. The van der Waals surface area contributed by atoms with E-state index in [1.165, 1.54) is 6.07 Å². The van der Waals surface area contributed by atoms with Gasteiger partial charge in [0, 0.05) is 31.1 Å². The first-order chi connectivity index (χ1) is 12.3. The average Bonchev–Trinajstić information content (AvgIpc) is 2.58. The van der Waals surface area contributed by atoms with E-state index in [4.69, 9.17) is 0 Å². The van der Waals surface area contributed by atoms with Crippen LogP contribution in [0.2, 0.25) is 0 Å². The van der Waals surface area contributed by atoms with Gasteiger partial charge < -0.3 is 10.2 Å². The Morgan fingerprint density at radius 2 is 2.12 bits per heavy atom. The van der Waals surface area contributed by atoms with Crippen molar-refractivity contribution in [2.45, 2.75) is 31.3 Å². The number of thioether (sulfide) groups is 1. The number of sulfone groups is 1. The van der Waals surface area contributed by atoms with Crippen LogP contribution in [0.5, 0.6) is 0 Å². The van der Waals surface area contributed by atoms with Crippen molar-refractivity contribution in [2.24, 2.45) is 4.99 Å². The highest BCUT2D eigenvalue weighted by Gasteiger charge is 2.40. The summed E-state index contributed by atoms with van der Waals surface area (Å²) in [6.07, 6.45) is 0. The first kappa shape index (κ1) is 21.0. The monoisotopic (exact) mass is 401 g/mol. The summed E-state index contributed by atoms with van der Waals surface area (Å²) in [5.41, 5.74) is 0.705. The molecule has 1 aromatic carbocycles. The van der Waals surface area contributed by atoms with Gasteiger partial charge in [-0.1, -0.05) is 18.2 Å². The second kappa shape index (κ2) is 9.08. The van der Waals surface area contributed by atoms with Gasteiger partial charge in [0.05, 0.1) is 17.0 Å². The molecule has 0 bridgehead atoms. The molecule has 1 aliphatic rings. The Kier molecular flexibility index (Phi) is 7.34. The van der Waals surface area contributed by atoms with E-state index in [9.17, 15) is 12.8 Å². The van der Waals surface area contributed by atoms with E-state index < -0.39 is 14.6 Å². The Hall–Kier alpha value is -1.28. The minimum atomic E-state index is -3.07. The molecule has 0 radical (unpaired) electrons. The van der Waals surface area contributed by atoms with Gasteiger partial charge in [0.1, 0.15) is 5.82 Å². The van der Waals surface area contributed by atoms with E-state index in [-0.39, 0.29) is 11.6 Å². The number of hydrogen-bond donors (Lipinski definition) is 1. The van der Waals surface area contributed by atoms with Crippen LogP contribution in [0, 0.1) is 5.82 Å². The minimum Gasteiger partial charge on any atom is -0.357 e. The lowest BCUT2D eigenvalue weighted by atomic mass is 10.2. The zero-order valence-corrected chi connectivity index (χ0v) is 17.3. The Labute approximate surface area is 160 Å². The van der Waals surface area contributed by atoms with Crippen LogP contribution in [-0.4, -0.2) is 61.7 Å². The number of aliphatic imine (C=N–C) groups is 1. The molecule has 1 aromatic rings. The summed E-state index contributed by atoms with van der Waals surface area (Å²) < 4.78 is 37.2. The van der Waals surface area contributed by atoms with Crippen molar-refractivity contribution in [1.82, 2.24) is 10.2 Å². The maximum atomic E-state index is 13.6. The molecule has 1 N–H and O–H groups in total. The van der Waals surface area contributed by atoms with Crippen molar-refractivity contribution in [3.8, 4) is 0 Å². The maximum Gasteiger partial charge on any atom is 0.194 e. The fraction of sp³-hybridized carbons (Fsp3) is 0.611. The van der Waals surface area contributed by atoms with Crippen molar-refractivity contribution >= 4 is 27.6 Å². The van der Waals surface area contributed by atoms with Crippen LogP contribution < -0.4 is 5.32 Å². The highest BCUT2D eigenvalue weighted by atomic mass is 32.2. The summed E-state index contributed by atoms with van der Waals surface area (Å²) in [5, 5.41) is 3.25. The van der Waals surface area contributed by atoms with Crippen LogP contribution >= 0.6 is 11.8 Å². The van der Waals surface area contributed by atoms with Crippen LogP contribution in [-0.2, 0) is 15.6 Å². The standard InChI is InChI=1S/C18H28FN3O2S2/c1-4-20-17(22-10-12-26(23,24)18(2,3)14-22)21-9-11-25-13-15-7-5-6-8-16(15)19/h5-8H,4,9-14H2,1-3H3,(H,20,21). The van der Waals surface area contributed by atoms with E-state index in [1.54, 1.807) is 37.7 Å². The summed E-state index contributed by atoms with van der Waals surface area (Å²) >= 11 is 1.64. The van der Waals surface area contributed by atoms with Gasteiger partial charge in [0.15, 0.2) is 15.8 Å². The number of guanidine groups is 1. The lowest BCUT2D eigenvalue weighted by Gasteiger charge is -2.39. The normalized spacial score (nSPS) is 19.4. The molecule has 146 valence electrons. The van der Waals surface area contributed by atoms with Gasteiger partial charge in [-0.25, -0.2) is 12.8 Å². The largest absolute Gasteiger partial charge is 0.357 e. The van der Waals surface area contributed by atoms with Crippen LogP contribution in [0.1, 0.15) is 26.3 Å². The van der Waals surface area contributed by atoms with Crippen LogP contribution in [0.4, 0.5) is 4.39 Å². The predicted molar refractivity (Wildman–Crippen MR) is 108 cm³/mol. The number of nitrogens with zero attached hydrogens (tertiary/aromatic N) is 2. The SMILES string of the molecule is CCNC(=NCCSCc1ccccc1F)N1CCS(=O)(=O)C(C)(C)C1. The van der Waals surface area contributed by atoms with Crippen LogP contribution in [0.15, 0.2) is 29.3 Å². The molecule has 0 aromatic heterocycles. The second-order valence-electron chi connectivity index (χ2n) is 6.88. The third-order valence-corrected chi connectivity index (χ3v) is 7.91. The lowest BCUT2D eigenvalue weighted by molar-refractivity contribution is 0.353. The summed E-state index contributed by atoms with van der Waals surface area (Å²) in [6, 6.07) is 6.80. The van der Waals surface area contributed by atoms with E-state index in [1.807, 2.05) is 17.9 Å². The highest BCUT2D eigenvalue weighted by Crippen LogP contribution is 2.23. The number of nitrogens with one attached hydrogen (secondary N) is 1. The molecular weight excluding hydrogens is 373 g/mol. The van der Waals surface area contributed by atoms with Gasteiger partial charge in [-0.3, -0.25) is 4.99 Å². The topological polar surface area (TPSA) is 61.8 Å². The quantitative estimate of drug-likeness (QED) is 0.451. The minimum absolute atomic E-state index is 0.145. The molecule has 0 aliphatic carbocycles. The lowest BCUT2D eigenvalue weighted by Crippen LogP contribution is -2.57. The van der Waals surface area contributed by atoms with Crippen molar-refractivity contribution in [1.29, 1.82) is 0 Å². The van der Waals surface area contributed by atoms with E-state index in [0.29, 0.717) is 31.0 Å². The zero-order valence-electron chi connectivity index (χ0n) is 15.7. The van der Waals surface area contributed by atoms with Crippen molar-refractivity contribution < 1.29 is 12.8 Å². The summed E-state index contributed by atoms with van der Waals surface area (Å²) in [7, 11) is -3.07. The van der Waals surface area contributed by atoms with Crippen molar-refractivity contribution in [2.75, 3.05) is 37.7 Å². The fourth-order valence-electron chi connectivity index (χ4n) is 2.76. The molecule has 0 saturated carbocycles. The van der Waals surface area contributed by atoms with Crippen molar-refractivity contribution in [3.63, 3.8) is 0 Å². The highest BCUT2D eigenvalue weighted by molar-refractivity contribution is 7.98. The smallest absolute Gasteiger partial charge is 0.194 e. The van der Waals surface area contributed by atoms with E-state index in [2.05, 4.69) is 10.3 Å². The Morgan fingerprint density at radius 3 is 2.77 bits per heavy atom. The Morgan fingerprint density at radius 1 is 1.38 bits per heavy atom. The maximum absolute atomic E-state index is 13.6. The second-order valence-corrected chi connectivity index (χ2v) is 10.7. The van der Waals surface area contributed by atoms with Gasteiger partial charge in [0.2, 0.25) is 0 Å². The molecule has 0 amide bonds. The van der Waals surface area contributed by atoms with Gasteiger partial charge >= 0.3 is 0 Å². The van der Waals surface area contributed by atoms with Gasteiger partial charge in [-0.15, -0.1) is 0 Å². The molecule has 0 unspecified atom stereocenters. The van der Waals surface area contributed by atoms with E-state index >= 15 is 0 Å². The molecule has 2 rings (SSSR count). The van der Waals surface area contributed by atoms with Crippen molar-refractivity contribution in [3.05, 3.63) is 35.6 Å². The molecule has 1 aliphatic heterocycles. The molecule has 1 fully saturated rings. The molecule has 1 heterocycles. The Balaban J connectivity index is 1.90. The van der Waals surface area contributed by atoms with Gasteiger partial charge in [-0.05, 0) is 32.4 Å². The number of benzene rings is 1. The molecule has 0 spiro atoms. The summed E-state index contributed by atoms with van der Waals surface area (Å²) in [6.45, 7) is 7.75. The summed E-state index contributed by atoms with van der Waals surface area (Å²) in [4.78, 5) is 6.65. The molecule has 1 saturated heterocycles. The number of halogens is 1. The Bertz CT molecular complexity index is 736. The molecule has 8 heteroatoms. The first-order valence-corrected chi connectivity index (χ1v) is 11.6. The van der Waals surface area contributed by atoms with Crippen LogP contribution in [0.3, 0.4) is 0 Å². The van der Waals surface area contributed by atoms with Gasteiger partial charge in [-0.2, -0.15) is 11.8 Å². The van der Waals surface area contributed by atoms with E-state index in [0.717, 1.165) is 18.3 Å². The zero-order chi connectivity index (χ0) is 19.2. The molecule has 0 atom stereocenters. The van der Waals surface area contributed by atoms with Gasteiger partial charge in [0.25, 0.3) is 0 Å². The fourth-order valence-corrected chi connectivity index (χ4v) is 4.95. The first-order valence-electron chi connectivity index (χ1n) is 8.83. The summed E-state index contributed by atoms with van der Waals surface area (Å²) in [5.74, 6) is 2.12.